The summed E-state index contributed by atoms with van der Waals surface area (Å²) in [6.07, 6.45) is 5.00. The molecule has 0 N–H and O–H groups in total. The van der Waals surface area contributed by atoms with Gasteiger partial charge >= 0.3 is 5.97 Å². The summed E-state index contributed by atoms with van der Waals surface area (Å²) in [5.41, 5.74) is -1.36. The fourth-order valence-electron chi connectivity index (χ4n) is 8.51. The minimum Gasteiger partial charge on any atom is -0.463 e. The van der Waals surface area contributed by atoms with E-state index in [1.807, 2.05) is 13.8 Å². The van der Waals surface area contributed by atoms with Crippen molar-refractivity contribution in [2.24, 2.45) is 23.2 Å². The average molecular weight is 652 g/mol. The van der Waals surface area contributed by atoms with Gasteiger partial charge in [-0.05, 0) is 111 Å². The van der Waals surface area contributed by atoms with E-state index >= 15 is 0 Å². The van der Waals surface area contributed by atoms with Gasteiger partial charge in [0.15, 0.2) is 17.9 Å². The number of esters is 1. The fourth-order valence-corrected chi connectivity index (χ4v) is 8.51. The van der Waals surface area contributed by atoms with Crippen LogP contribution in [-0.4, -0.2) is 129 Å². The molecule has 4 fully saturated rings. The highest BCUT2D eigenvalue weighted by atomic mass is 16.8. The Hall–Kier alpha value is -1.14. The number of hydrogen-bond acceptors (Lipinski definition) is 10. The third kappa shape index (κ3) is 8.35. The van der Waals surface area contributed by atoms with Crippen molar-refractivity contribution in [3.63, 3.8) is 0 Å². The molecule has 0 unspecified atom stereocenters. The molecule has 4 aliphatic heterocycles. The van der Waals surface area contributed by atoms with Crippen LogP contribution in [-0.2, 0) is 33.3 Å². The topological polar surface area (TPSA) is 90.0 Å². The molecule has 4 rings (SSSR count). The summed E-state index contributed by atoms with van der Waals surface area (Å²) in [7, 11) is 5.77. The molecule has 0 saturated carbocycles. The number of likely N-dealkylation sites (N-methyl/N-ethyl adjacent to an activating group) is 1. The molecule has 0 aromatic rings. The van der Waals surface area contributed by atoms with E-state index < -0.39 is 35.5 Å². The minimum atomic E-state index is -1.36. The van der Waals surface area contributed by atoms with Crippen molar-refractivity contribution in [1.82, 2.24) is 14.7 Å². The highest BCUT2D eigenvalue weighted by Crippen LogP contribution is 2.45. The Labute approximate surface area is 279 Å². The maximum Gasteiger partial charge on any atom is 0.319 e. The van der Waals surface area contributed by atoms with Gasteiger partial charge in [-0.3, -0.25) is 14.5 Å². The van der Waals surface area contributed by atoms with Crippen molar-refractivity contribution >= 4 is 11.8 Å². The predicted octanol–water partition coefficient (Wildman–Crippen LogP) is 4.59. The van der Waals surface area contributed by atoms with Gasteiger partial charge in [0.05, 0.1) is 6.10 Å². The maximum absolute atomic E-state index is 14.3. The van der Waals surface area contributed by atoms with E-state index in [9.17, 15) is 9.59 Å². The number of cyclic esters (lactones) is 1. The first-order chi connectivity index (χ1) is 21.8. The van der Waals surface area contributed by atoms with Gasteiger partial charge in [-0.25, -0.2) is 0 Å². The highest BCUT2D eigenvalue weighted by molar-refractivity contribution is 6.04. The summed E-state index contributed by atoms with van der Waals surface area (Å²) in [6.45, 7) is 19.3. The quantitative estimate of drug-likeness (QED) is 0.274. The van der Waals surface area contributed by atoms with Gasteiger partial charge in [0, 0.05) is 38.1 Å². The van der Waals surface area contributed by atoms with Crippen LogP contribution in [0.2, 0.25) is 0 Å². The Bertz CT molecular complexity index is 1000. The lowest BCUT2D eigenvalue weighted by Gasteiger charge is -2.55. The molecule has 0 amide bonds. The molecule has 9 atom stereocenters. The molecule has 4 heterocycles. The number of Topliss-reactive ketones (excluding diaryl/α,β-unsaturated/α-hetero) is 1. The van der Waals surface area contributed by atoms with Crippen molar-refractivity contribution in [2.75, 3.05) is 60.5 Å². The van der Waals surface area contributed by atoms with Gasteiger partial charge in [-0.1, -0.05) is 27.7 Å². The van der Waals surface area contributed by atoms with Crippen molar-refractivity contribution in [3.05, 3.63) is 0 Å². The van der Waals surface area contributed by atoms with Crippen LogP contribution in [0.15, 0.2) is 0 Å². The fraction of sp³-hybridized carbons (Fsp3) is 0.944. The second kappa shape index (κ2) is 16.0. The zero-order valence-electron chi connectivity index (χ0n) is 30.6. The van der Waals surface area contributed by atoms with Crippen molar-refractivity contribution < 1.29 is 33.3 Å². The molecule has 0 aliphatic carbocycles. The number of methoxy groups -OCH3 is 1. The predicted molar refractivity (Wildman–Crippen MR) is 178 cm³/mol. The monoisotopic (exact) mass is 651 g/mol. The van der Waals surface area contributed by atoms with Crippen molar-refractivity contribution in [1.29, 1.82) is 0 Å². The van der Waals surface area contributed by atoms with Gasteiger partial charge in [0.2, 0.25) is 0 Å². The van der Waals surface area contributed by atoms with E-state index in [1.54, 1.807) is 21.0 Å². The molecule has 266 valence electrons. The number of carbonyl (C=O) groups excluding carboxylic acids is 2. The van der Waals surface area contributed by atoms with Gasteiger partial charge in [0.25, 0.3) is 0 Å². The summed E-state index contributed by atoms with van der Waals surface area (Å²) in [5.74, 6) is -1.89. The lowest BCUT2D eigenvalue weighted by molar-refractivity contribution is -0.424. The van der Waals surface area contributed by atoms with Gasteiger partial charge < -0.3 is 33.5 Å². The first-order valence-corrected chi connectivity index (χ1v) is 18.1. The lowest BCUT2D eigenvalue weighted by atomic mass is 9.76. The number of carbonyl (C=O) groups is 2. The summed E-state index contributed by atoms with van der Waals surface area (Å²) in [6, 6.07) is 0.135. The van der Waals surface area contributed by atoms with Crippen LogP contribution in [0.5, 0.6) is 0 Å². The number of fused-ring (bicyclic) bond motifs is 2. The Morgan fingerprint density at radius 3 is 2.28 bits per heavy atom. The molecule has 0 aromatic carbocycles. The van der Waals surface area contributed by atoms with E-state index in [-0.39, 0.29) is 42.6 Å². The minimum absolute atomic E-state index is 0.0307. The third-order valence-corrected chi connectivity index (χ3v) is 11.1. The maximum atomic E-state index is 14.3. The molecule has 4 aliphatic rings. The van der Waals surface area contributed by atoms with Crippen LogP contribution in [0.3, 0.4) is 0 Å². The van der Waals surface area contributed by atoms with Crippen LogP contribution in [0.4, 0.5) is 0 Å². The smallest absolute Gasteiger partial charge is 0.319 e. The van der Waals surface area contributed by atoms with E-state index in [4.69, 9.17) is 23.7 Å². The number of hydrogen-bond donors (Lipinski definition) is 0. The Kier molecular flexibility index (Phi) is 13.1. The normalized spacial score (nSPS) is 39.1. The van der Waals surface area contributed by atoms with E-state index in [1.165, 1.54) is 6.42 Å². The third-order valence-electron chi connectivity index (χ3n) is 11.1. The summed E-state index contributed by atoms with van der Waals surface area (Å²) in [4.78, 5) is 35.3. The molecule has 4 saturated heterocycles. The first kappa shape index (κ1) is 37.7. The molecular weight excluding hydrogens is 586 g/mol. The number of ether oxygens (including phenoxy) is 5. The van der Waals surface area contributed by atoms with Crippen LogP contribution in [0.1, 0.15) is 93.4 Å². The molecule has 10 nitrogen and oxygen atoms in total. The van der Waals surface area contributed by atoms with Crippen molar-refractivity contribution in [3.8, 4) is 0 Å². The molecule has 10 heteroatoms. The van der Waals surface area contributed by atoms with Crippen LogP contribution >= 0.6 is 0 Å². The first-order valence-electron chi connectivity index (χ1n) is 18.1. The van der Waals surface area contributed by atoms with Crippen LogP contribution in [0, 0.1) is 23.2 Å². The van der Waals surface area contributed by atoms with Gasteiger partial charge in [0.1, 0.15) is 24.2 Å². The van der Waals surface area contributed by atoms with Crippen LogP contribution < -0.4 is 0 Å². The molecule has 0 radical (unpaired) electrons. The second-order valence-electron chi connectivity index (χ2n) is 15.6. The summed E-state index contributed by atoms with van der Waals surface area (Å²) >= 11 is 0. The molecule has 0 spiro atoms. The van der Waals surface area contributed by atoms with E-state index in [2.05, 4.69) is 49.6 Å². The molecule has 46 heavy (non-hydrogen) atoms. The Morgan fingerprint density at radius 2 is 1.67 bits per heavy atom. The second-order valence-corrected chi connectivity index (χ2v) is 15.6. The number of nitrogens with zero attached hydrogens (tertiary/aromatic N) is 3. The standard InChI is InChI=1S/C36H65N3O7/c1-11-15-38-17-13-27(14-18-38)20-28-23-43-34(41)35(6,7)31(40)26(5)32-36(42-10,21-24(3)22-39(28)16-12-2)46-30-29(37(8)9)19-25(4)44-33(30)45-32/h24-30,32-33H,11-23H2,1-10H3/t24-,25-,26+,28-,29+,30-,32-,33+,36+/m1/s1. The SMILES string of the molecule is CCCN1CCC(C[C@@H]2COC(=O)C(C)(C)C(=O)[C@H](C)[C@H]3O[C@@H]4O[C@H](C)C[C@H](N(C)C)[C@H]4O[C@@]3(OC)C[C@@H](C)CN2CCC)CC1. The molecule has 0 bridgehead atoms. The lowest BCUT2D eigenvalue weighted by Crippen LogP contribution is -2.69. The summed E-state index contributed by atoms with van der Waals surface area (Å²) < 4.78 is 32.6. The van der Waals surface area contributed by atoms with Gasteiger partial charge in [-0.2, -0.15) is 0 Å². The van der Waals surface area contributed by atoms with Crippen LogP contribution in [0.25, 0.3) is 0 Å². The zero-order chi connectivity index (χ0) is 33.8. The Balaban J connectivity index is 1.68. The molecular formula is C36H65N3O7. The Morgan fingerprint density at radius 1 is 1.00 bits per heavy atom. The average Bonchev–Trinajstić information content (AvgIpc) is 3.02. The summed E-state index contributed by atoms with van der Waals surface area (Å²) in [5, 5.41) is 0. The number of ketones is 1. The molecule has 0 aromatic heterocycles. The number of rotatable bonds is 8. The number of likely N-dealkylation sites (tertiary alicyclic amines) is 1. The van der Waals surface area contributed by atoms with Crippen molar-refractivity contribution in [2.45, 2.75) is 136 Å². The van der Waals surface area contributed by atoms with Gasteiger partial charge in [-0.15, -0.1) is 0 Å². The van der Waals surface area contributed by atoms with E-state index in [0.29, 0.717) is 12.3 Å². The number of piperidine rings is 1. The highest BCUT2D eigenvalue weighted by Gasteiger charge is 2.59. The largest absolute Gasteiger partial charge is 0.463 e. The zero-order valence-corrected chi connectivity index (χ0v) is 30.6. The van der Waals surface area contributed by atoms with E-state index in [0.717, 1.165) is 64.8 Å².